The van der Waals surface area contributed by atoms with E-state index in [9.17, 15) is 22.8 Å². The number of nitrogens with two attached hydrogens (primary N) is 1. The van der Waals surface area contributed by atoms with E-state index < -0.39 is 40.9 Å². The summed E-state index contributed by atoms with van der Waals surface area (Å²) in [6, 6.07) is 6.73. The monoisotopic (exact) mass is 336 g/mol. The van der Waals surface area contributed by atoms with Crippen molar-refractivity contribution < 1.29 is 22.8 Å². The SMILES string of the molecule is Cc1ccc(C[C@@H](NC(=O)c2c(F)cc(F)cc2F)C(N)=O)cc1. The lowest BCUT2D eigenvalue weighted by molar-refractivity contribution is -0.119. The molecule has 0 fully saturated rings. The smallest absolute Gasteiger partial charge is 0.257 e. The number of amides is 2. The van der Waals surface area contributed by atoms with Crippen molar-refractivity contribution in [2.24, 2.45) is 5.73 Å². The fourth-order valence-corrected chi connectivity index (χ4v) is 2.17. The lowest BCUT2D eigenvalue weighted by Gasteiger charge is -2.16. The molecular formula is C17H15F3N2O2. The molecule has 0 radical (unpaired) electrons. The highest BCUT2D eigenvalue weighted by molar-refractivity contribution is 5.97. The average Bonchev–Trinajstić information content (AvgIpc) is 2.47. The first kappa shape index (κ1) is 17.5. The van der Waals surface area contributed by atoms with Crippen LogP contribution in [-0.4, -0.2) is 17.9 Å². The van der Waals surface area contributed by atoms with Crippen molar-refractivity contribution >= 4 is 11.8 Å². The largest absolute Gasteiger partial charge is 0.368 e. The van der Waals surface area contributed by atoms with E-state index in [4.69, 9.17) is 5.73 Å². The molecule has 0 heterocycles. The standard InChI is InChI=1S/C17H15F3N2O2/c1-9-2-4-10(5-3-9)6-14(16(21)23)22-17(24)15-12(19)7-11(18)8-13(15)20/h2-5,7-8,14H,6H2,1H3,(H2,21,23)(H,22,24)/t14-/m1/s1. The molecule has 0 unspecified atom stereocenters. The summed E-state index contributed by atoms with van der Waals surface area (Å²) < 4.78 is 40.2. The van der Waals surface area contributed by atoms with Gasteiger partial charge in [0.1, 0.15) is 29.1 Å². The average molecular weight is 336 g/mol. The van der Waals surface area contributed by atoms with Crippen LogP contribution >= 0.6 is 0 Å². The highest BCUT2D eigenvalue weighted by Crippen LogP contribution is 2.15. The quantitative estimate of drug-likeness (QED) is 0.879. The van der Waals surface area contributed by atoms with Gasteiger partial charge in [-0.25, -0.2) is 13.2 Å². The zero-order valence-electron chi connectivity index (χ0n) is 12.8. The Kier molecular flexibility index (Phi) is 5.23. The molecular weight excluding hydrogens is 321 g/mol. The lowest BCUT2D eigenvalue weighted by Crippen LogP contribution is -2.46. The number of carbonyl (C=O) groups is 2. The summed E-state index contributed by atoms with van der Waals surface area (Å²) >= 11 is 0. The van der Waals surface area contributed by atoms with Crippen molar-refractivity contribution in [3.63, 3.8) is 0 Å². The van der Waals surface area contributed by atoms with Crippen LogP contribution in [0.5, 0.6) is 0 Å². The summed E-state index contributed by atoms with van der Waals surface area (Å²) in [6.07, 6.45) is 0.0613. The van der Waals surface area contributed by atoms with Gasteiger partial charge in [0.25, 0.3) is 5.91 Å². The fourth-order valence-electron chi connectivity index (χ4n) is 2.17. The van der Waals surface area contributed by atoms with E-state index in [1.165, 1.54) is 0 Å². The minimum atomic E-state index is -1.36. The molecule has 7 heteroatoms. The minimum Gasteiger partial charge on any atom is -0.368 e. The van der Waals surface area contributed by atoms with Crippen LogP contribution < -0.4 is 11.1 Å². The maximum absolute atomic E-state index is 13.6. The molecule has 2 aromatic carbocycles. The molecule has 3 N–H and O–H groups in total. The molecule has 2 amide bonds. The van der Waals surface area contributed by atoms with Crippen molar-refractivity contribution in [1.29, 1.82) is 0 Å². The molecule has 0 spiro atoms. The summed E-state index contributed by atoms with van der Waals surface area (Å²) in [6.45, 7) is 1.89. The number of halogens is 3. The predicted octanol–water partition coefficient (Wildman–Crippen LogP) is 2.24. The fraction of sp³-hybridized carbons (Fsp3) is 0.176. The number of rotatable bonds is 5. The molecule has 1 atom stereocenters. The van der Waals surface area contributed by atoms with E-state index in [1.54, 1.807) is 12.1 Å². The Morgan fingerprint density at radius 1 is 1.08 bits per heavy atom. The zero-order valence-corrected chi connectivity index (χ0v) is 12.8. The summed E-state index contributed by atoms with van der Waals surface area (Å²) in [4.78, 5) is 23.6. The highest BCUT2D eigenvalue weighted by atomic mass is 19.1. The first-order valence-corrected chi connectivity index (χ1v) is 7.08. The maximum Gasteiger partial charge on any atom is 0.257 e. The van der Waals surface area contributed by atoms with Crippen molar-refractivity contribution in [3.8, 4) is 0 Å². The zero-order chi connectivity index (χ0) is 17.9. The maximum atomic E-state index is 13.6. The normalized spacial score (nSPS) is 11.8. The summed E-state index contributed by atoms with van der Waals surface area (Å²) in [5.74, 6) is -5.90. The predicted molar refractivity (Wildman–Crippen MR) is 81.6 cm³/mol. The number of hydrogen-bond donors (Lipinski definition) is 2. The van der Waals surface area contributed by atoms with Gasteiger partial charge in [-0.3, -0.25) is 9.59 Å². The van der Waals surface area contributed by atoms with E-state index in [0.29, 0.717) is 17.7 Å². The minimum absolute atomic E-state index is 0.0613. The van der Waals surface area contributed by atoms with Gasteiger partial charge in [0, 0.05) is 18.6 Å². The lowest BCUT2D eigenvalue weighted by atomic mass is 10.0. The van der Waals surface area contributed by atoms with E-state index in [0.717, 1.165) is 5.56 Å². The van der Waals surface area contributed by atoms with E-state index in [-0.39, 0.29) is 6.42 Å². The number of nitrogens with one attached hydrogen (secondary N) is 1. The van der Waals surface area contributed by atoms with Crippen LogP contribution in [0.4, 0.5) is 13.2 Å². The summed E-state index contributed by atoms with van der Waals surface area (Å²) in [7, 11) is 0. The van der Waals surface area contributed by atoms with Gasteiger partial charge in [-0.05, 0) is 12.5 Å². The molecule has 0 aliphatic rings. The molecule has 2 aromatic rings. The van der Waals surface area contributed by atoms with Gasteiger partial charge in [-0.15, -0.1) is 0 Å². The third kappa shape index (κ3) is 4.13. The Morgan fingerprint density at radius 3 is 2.12 bits per heavy atom. The summed E-state index contributed by atoms with van der Waals surface area (Å²) in [5, 5.41) is 2.18. The third-order valence-corrected chi connectivity index (χ3v) is 3.44. The Labute approximate surface area is 136 Å². The van der Waals surface area contributed by atoms with Gasteiger partial charge in [0.05, 0.1) is 0 Å². The first-order valence-electron chi connectivity index (χ1n) is 7.08. The van der Waals surface area contributed by atoms with Gasteiger partial charge in [0.2, 0.25) is 5.91 Å². The number of aryl methyl sites for hydroxylation is 1. The van der Waals surface area contributed by atoms with Crippen LogP contribution in [0.2, 0.25) is 0 Å². The van der Waals surface area contributed by atoms with Gasteiger partial charge in [-0.1, -0.05) is 29.8 Å². The molecule has 0 saturated carbocycles. The van der Waals surface area contributed by atoms with Crippen LogP contribution in [0.3, 0.4) is 0 Å². The van der Waals surface area contributed by atoms with Crippen molar-refractivity contribution in [2.75, 3.05) is 0 Å². The Bertz CT molecular complexity index is 753. The second kappa shape index (κ2) is 7.16. The van der Waals surface area contributed by atoms with E-state index >= 15 is 0 Å². The van der Waals surface area contributed by atoms with Crippen LogP contribution in [0.1, 0.15) is 21.5 Å². The Morgan fingerprint density at radius 2 is 1.62 bits per heavy atom. The molecule has 2 rings (SSSR count). The number of benzene rings is 2. The van der Waals surface area contributed by atoms with Gasteiger partial charge in [-0.2, -0.15) is 0 Å². The van der Waals surface area contributed by atoms with Crippen molar-refractivity contribution in [2.45, 2.75) is 19.4 Å². The van der Waals surface area contributed by atoms with Crippen LogP contribution in [0.15, 0.2) is 36.4 Å². The number of hydrogen-bond acceptors (Lipinski definition) is 2. The highest BCUT2D eigenvalue weighted by Gasteiger charge is 2.24. The molecule has 24 heavy (non-hydrogen) atoms. The van der Waals surface area contributed by atoms with E-state index in [1.807, 2.05) is 19.1 Å². The van der Waals surface area contributed by atoms with Crippen molar-refractivity contribution in [3.05, 3.63) is 70.5 Å². The number of carbonyl (C=O) groups excluding carboxylic acids is 2. The molecule has 0 aromatic heterocycles. The van der Waals surface area contributed by atoms with Crippen LogP contribution in [-0.2, 0) is 11.2 Å². The molecule has 0 bridgehead atoms. The van der Waals surface area contributed by atoms with Crippen molar-refractivity contribution in [1.82, 2.24) is 5.32 Å². The summed E-state index contributed by atoms with van der Waals surface area (Å²) in [5.41, 5.74) is 5.99. The molecule has 0 aliphatic heterocycles. The van der Waals surface area contributed by atoms with Gasteiger partial charge in [0.15, 0.2) is 0 Å². The second-order valence-corrected chi connectivity index (χ2v) is 5.36. The van der Waals surface area contributed by atoms with Crippen LogP contribution in [0, 0.1) is 24.4 Å². The van der Waals surface area contributed by atoms with Gasteiger partial charge < -0.3 is 11.1 Å². The third-order valence-electron chi connectivity index (χ3n) is 3.44. The molecule has 0 aliphatic carbocycles. The number of primary amides is 1. The molecule has 0 saturated heterocycles. The second-order valence-electron chi connectivity index (χ2n) is 5.36. The first-order chi connectivity index (χ1) is 11.3. The topological polar surface area (TPSA) is 72.2 Å². The Hall–Kier alpha value is -2.83. The van der Waals surface area contributed by atoms with E-state index in [2.05, 4.69) is 5.32 Å². The molecule has 126 valence electrons. The Balaban J connectivity index is 2.20. The van der Waals surface area contributed by atoms with Crippen LogP contribution in [0.25, 0.3) is 0 Å². The van der Waals surface area contributed by atoms with Gasteiger partial charge >= 0.3 is 0 Å². The molecule has 4 nitrogen and oxygen atoms in total.